The Hall–Kier alpha value is -1.33. The lowest BCUT2D eigenvalue weighted by Gasteiger charge is -2.08. The minimum absolute atomic E-state index is 0.0133. The molecule has 2 rings (SSSR count). The molecule has 1 amide bonds. The van der Waals surface area contributed by atoms with Crippen molar-refractivity contribution in [3.63, 3.8) is 0 Å². The number of benzene rings is 2. The Morgan fingerprint density at radius 2 is 1.80 bits per heavy atom. The predicted molar refractivity (Wildman–Crippen MR) is 89.6 cm³/mol. The van der Waals surface area contributed by atoms with Gasteiger partial charge in [-0.15, -0.1) is 0 Å². The Bertz CT molecular complexity index is 612. The van der Waals surface area contributed by atoms with Crippen LogP contribution in [0.3, 0.4) is 0 Å². The zero-order valence-corrected chi connectivity index (χ0v) is 13.9. The number of rotatable bonds is 4. The van der Waals surface area contributed by atoms with Gasteiger partial charge in [-0.1, -0.05) is 28.1 Å². The smallest absolute Gasteiger partial charge is 0.224 e. The van der Waals surface area contributed by atoms with E-state index in [9.17, 15) is 4.79 Å². The molecule has 20 heavy (non-hydrogen) atoms. The fraction of sp³-hybridized carbons (Fsp3) is 0.133. The number of nitrogens with one attached hydrogen (secondary N) is 1. The third-order valence-electron chi connectivity index (χ3n) is 2.82. The summed E-state index contributed by atoms with van der Waals surface area (Å²) in [5, 5.41) is 2.89. The summed E-state index contributed by atoms with van der Waals surface area (Å²) in [7, 11) is 0. The van der Waals surface area contributed by atoms with E-state index in [0.717, 1.165) is 25.9 Å². The summed E-state index contributed by atoms with van der Waals surface area (Å²) in [6.45, 7) is 0. The molecule has 0 bridgehead atoms. The van der Waals surface area contributed by atoms with Gasteiger partial charge in [-0.05, 0) is 58.2 Å². The van der Waals surface area contributed by atoms with Gasteiger partial charge in [0.25, 0.3) is 0 Å². The SMILES string of the molecule is Nc1ccc(CCC(=O)Nc2cc(Br)ccc2Br)cc1. The van der Waals surface area contributed by atoms with E-state index >= 15 is 0 Å². The third-order valence-corrected chi connectivity index (χ3v) is 4.01. The fourth-order valence-electron chi connectivity index (χ4n) is 1.75. The quantitative estimate of drug-likeness (QED) is 0.752. The average Bonchev–Trinajstić information content (AvgIpc) is 2.42. The summed E-state index contributed by atoms with van der Waals surface area (Å²) in [6, 6.07) is 13.2. The van der Waals surface area contributed by atoms with Crippen LogP contribution in [0.25, 0.3) is 0 Å². The second kappa shape index (κ2) is 6.90. The van der Waals surface area contributed by atoms with Crippen LogP contribution >= 0.6 is 31.9 Å². The maximum Gasteiger partial charge on any atom is 0.224 e. The van der Waals surface area contributed by atoms with Crippen LogP contribution in [0.2, 0.25) is 0 Å². The normalized spacial score (nSPS) is 10.3. The maximum absolute atomic E-state index is 11.9. The van der Waals surface area contributed by atoms with E-state index in [1.807, 2.05) is 42.5 Å². The molecule has 0 atom stereocenters. The van der Waals surface area contributed by atoms with Gasteiger partial charge in [-0.3, -0.25) is 4.79 Å². The molecular weight excluding hydrogens is 384 g/mol. The van der Waals surface area contributed by atoms with Gasteiger partial charge < -0.3 is 11.1 Å². The van der Waals surface area contributed by atoms with Crippen molar-refractivity contribution in [2.24, 2.45) is 0 Å². The molecule has 0 aliphatic rings. The fourth-order valence-corrected chi connectivity index (χ4v) is 2.46. The largest absolute Gasteiger partial charge is 0.399 e. The molecule has 5 heteroatoms. The highest BCUT2D eigenvalue weighted by molar-refractivity contribution is 9.11. The topological polar surface area (TPSA) is 55.1 Å². The number of nitrogens with two attached hydrogens (primary N) is 1. The molecule has 3 nitrogen and oxygen atoms in total. The van der Waals surface area contributed by atoms with Gasteiger partial charge in [-0.25, -0.2) is 0 Å². The van der Waals surface area contributed by atoms with Crippen LogP contribution in [0.5, 0.6) is 0 Å². The molecule has 0 heterocycles. The van der Waals surface area contributed by atoms with Crippen LogP contribution in [0, 0.1) is 0 Å². The number of amides is 1. The number of carbonyl (C=O) groups excluding carboxylic acids is 1. The van der Waals surface area contributed by atoms with E-state index in [2.05, 4.69) is 37.2 Å². The number of hydrogen-bond donors (Lipinski definition) is 2. The summed E-state index contributed by atoms with van der Waals surface area (Å²) in [5.41, 5.74) is 8.22. The molecule has 0 aliphatic carbocycles. The van der Waals surface area contributed by atoms with Crippen molar-refractivity contribution < 1.29 is 4.79 Å². The molecule has 0 saturated heterocycles. The minimum atomic E-state index is -0.0133. The van der Waals surface area contributed by atoms with Crippen LogP contribution in [0.1, 0.15) is 12.0 Å². The van der Waals surface area contributed by atoms with Crippen molar-refractivity contribution in [1.29, 1.82) is 0 Å². The Morgan fingerprint density at radius 1 is 1.10 bits per heavy atom. The van der Waals surface area contributed by atoms with Crippen molar-refractivity contribution in [3.8, 4) is 0 Å². The molecule has 0 unspecified atom stereocenters. The van der Waals surface area contributed by atoms with Gasteiger partial charge in [0.2, 0.25) is 5.91 Å². The van der Waals surface area contributed by atoms with E-state index in [1.54, 1.807) is 0 Å². The van der Waals surface area contributed by atoms with E-state index in [0.29, 0.717) is 12.8 Å². The summed E-state index contributed by atoms with van der Waals surface area (Å²) < 4.78 is 1.79. The standard InChI is InChI=1S/C15H14Br2N2O/c16-11-4-7-13(17)14(9-11)19-15(20)8-3-10-1-5-12(18)6-2-10/h1-2,4-7,9H,3,8,18H2,(H,19,20). The lowest BCUT2D eigenvalue weighted by atomic mass is 10.1. The lowest BCUT2D eigenvalue weighted by Crippen LogP contribution is -2.12. The number of anilines is 2. The molecule has 3 N–H and O–H groups in total. The second-order valence-corrected chi connectivity index (χ2v) is 6.18. The van der Waals surface area contributed by atoms with Gasteiger partial charge >= 0.3 is 0 Å². The van der Waals surface area contributed by atoms with Crippen molar-refractivity contribution in [2.75, 3.05) is 11.1 Å². The predicted octanol–water partition coefficient (Wildman–Crippen LogP) is 4.37. The molecule has 104 valence electrons. The summed E-state index contributed by atoms with van der Waals surface area (Å²) in [6.07, 6.45) is 1.13. The van der Waals surface area contributed by atoms with Crippen LogP contribution < -0.4 is 11.1 Å². The highest BCUT2D eigenvalue weighted by atomic mass is 79.9. The van der Waals surface area contributed by atoms with Gasteiger partial charge in [0.15, 0.2) is 0 Å². The number of halogens is 2. The Kier molecular flexibility index (Phi) is 5.20. The van der Waals surface area contributed by atoms with Crippen molar-refractivity contribution >= 4 is 49.1 Å². The molecular formula is C15H14Br2N2O. The Labute approximate surface area is 134 Å². The first kappa shape index (κ1) is 15.1. The summed E-state index contributed by atoms with van der Waals surface area (Å²) in [4.78, 5) is 11.9. The lowest BCUT2D eigenvalue weighted by molar-refractivity contribution is -0.116. The second-order valence-electron chi connectivity index (χ2n) is 4.41. The molecule has 2 aromatic rings. The first-order valence-corrected chi connectivity index (χ1v) is 7.72. The minimum Gasteiger partial charge on any atom is -0.399 e. The monoisotopic (exact) mass is 396 g/mol. The molecule has 0 saturated carbocycles. The summed E-state index contributed by atoms with van der Waals surface area (Å²) >= 11 is 6.80. The summed E-state index contributed by atoms with van der Waals surface area (Å²) in [5.74, 6) is -0.0133. The zero-order chi connectivity index (χ0) is 14.5. The third kappa shape index (κ3) is 4.35. The molecule has 0 fully saturated rings. The first-order chi connectivity index (χ1) is 9.54. The van der Waals surface area contributed by atoms with Crippen LogP contribution in [0.15, 0.2) is 51.4 Å². The van der Waals surface area contributed by atoms with Gasteiger partial charge in [-0.2, -0.15) is 0 Å². The van der Waals surface area contributed by atoms with Gasteiger partial charge in [0.1, 0.15) is 0 Å². The van der Waals surface area contributed by atoms with Crippen molar-refractivity contribution in [2.45, 2.75) is 12.8 Å². The molecule has 0 spiro atoms. The van der Waals surface area contributed by atoms with E-state index in [-0.39, 0.29) is 5.91 Å². The van der Waals surface area contributed by atoms with Crippen LogP contribution in [-0.2, 0) is 11.2 Å². The van der Waals surface area contributed by atoms with Crippen molar-refractivity contribution in [1.82, 2.24) is 0 Å². The average molecular weight is 398 g/mol. The molecule has 2 aromatic carbocycles. The maximum atomic E-state index is 11.9. The van der Waals surface area contributed by atoms with Gasteiger partial charge in [0, 0.05) is 21.1 Å². The van der Waals surface area contributed by atoms with Crippen LogP contribution in [-0.4, -0.2) is 5.91 Å². The van der Waals surface area contributed by atoms with E-state index in [4.69, 9.17) is 5.73 Å². The number of nitrogen functional groups attached to an aromatic ring is 1. The van der Waals surface area contributed by atoms with Crippen molar-refractivity contribution in [3.05, 3.63) is 57.0 Å². The first-order valence-electron chi connectivity index (χ1n) is 6.14. The molecule has 0 aliphatic heterocycles. The van der Waals surface area contributed by atoms with Gasteiger partial charge in [0.05, 0.1) is 5.69 Å². The Balaban J connectivity index is 1.92. The number of aryl methyl sites for hydroxylation is 1. The van der Waals surface area contributed by atoms with Crippen LogP contribution in [0.4, 0.5) is 11.4 Å². The van der Waals surface area contributed by atoms with E-state index < -0.39 is 0 Å². The van der Waals surface area contributed by atoms with E-state index in [1.165, 1.54) is 0 Å². The highest BCUT2D eigenvalue weighted by Crippen LogP contribution is 2.26. The molecule has 0 radical (unpaired) electrons. The Morgan fingerprint density at radius 3 is 2.50 bits per heavy atom. The highest BCUT2D eigenvalue weighted by Gasteiger charge is 2.06. The molecule has 0 aromatic heterocycles. The number of carbonyl (C=O) groups is 1. The number of hydrogen-bond acceptors (Lipinski definition) is 2. The zero-order valence-electron chi connectivity index (χ0n) is 10.7.